The second-order valence-corrected chi connectivity index (χ2v) is 6.77. The SMILES string of the molecule is O=C(NC[C@@H](c1ccco1)N1CCc2ccccc21)C(=O)Nc1ccc(F)cc1. The van der Waals surface area contributed by atoms with E-state index < -0.39 is 17.6 Å². The van der Waals surface area contributed by atoms with Crippen molar-refractivity contribution in [3.8, 4) is 0 Å². The quantitative estimate of drug-likeness (QED) is 0.653. The Labute approximate surface area is 167 Å². The van der Waals surface area contributed by atoms with Gasteiger partial charge in [-0.15, -0.1) is 0 Å². The molecule has 0 spiro atoms. The van der Waals surface area contributed by atoms with E-state index in [-0.39, 0.29) is 12.6 Å². The number of halogens is 1. The number of hydrogen-bond donors (Lipinski definition) is 2. The Hall–Kier alpha value is -3.61. The predicted octanol–water partition coefficient (Wildman–Crippen LogP) is 3.28. The molecule has 0 radical (unpaired) electrons. The molecule has 0 bridgehead atoms. The molecule has 1 aliphatic rings. The number of para-hydroxylation sites is 1. The highest BCUT2D eigenvalue weighted by Crippen LogP contribution is 2.34. The molecule has 3 aromatic rings. The van der Waals surface area contributed by atoms with Crippen molar-refractivity contribution in [2.24, 2.45) is 0 Å². The Bertz CT molecular complexity index is 1000. The summed E-state index contributed by atoms with van der Waals surface area (Å²) in [5.41, 5.74) is 2.69. The van der Waals surface area contributed by atoms with E-state index in [2.05, 4.69) is 21.6 Å². The third kappa shape index (κ3) is 4.13. The first kappa shape index (κ1) is 18.7. The summed E-state index contributed by atoms with van der Waals surface area (Å²) in [5.74, 6) is -1.28. The Morgan fingerprint density at radius 1 is 1.03 bits per heavy atom. The number of nitrogens with one attached hydrogen (secondary N) is 2. The van der Waals surface area contributed by atoms with Gasteiger partial charge in [-0.1, -0.05) is 18.2 Å². The summed E-state index contributed by atoms with van der Waals surface area (Å²) in [6.45, 7) is 1.000. The number of benzene rings is 2. The van der Waals surface area contributed by atoms with Crippen LogP contribution in [0.1, 0.15) is 17.4 Å². The normalized spacial score (nSPS) is 13.6. The molecular weight excluding hydrogens is 373 g/mol. The summed E-state index contributed by atoms with van der Waals surface area (Å²) in [6.07, 6.45) is 2.50. The molecular formula is C22H20FN3O3. The number of hydrogen-bond acceptors (Lipinski definition) is 4. The predicted molar refractivity (Wildman–Crippen MR) is 107 cm³/mol. The summed E-state index contributed by atoms with van der Waals surface area (Å²) in [5, 5.41) is 5.14. The third-order valence-corrected chi connectivity index (χ3v) is 4.94. The summed E-state index contributed by atoms with van der Waals surface area (Å²) in [6, 6.07) is 16.7. The minimum Gasteiger partial charge on any atom is -0.467 e. The summed E-state index contributed by atoms with van der Waals surface area (Å²) >= 11 is 0. The number of anilines is 2. The van der Waals surface area contributed by atoms with Crippen LogP contribution >= 0.6 is 0 Å². The van der Waals surface area contributed by atoms with E-state index in [1.807, 2.05) is 24.3 Å². The molecule has 29 heavy (non-hydrogen) atoms. The number of carbonyl (C=O) groups excluding carboxylic acids is 2. The summed E-state index contributed by atoms with van der Waals surface area (Å²) in [4.78, 5) is 26.6. The van der Waals surface area contributed by atoms with Crippen LogP contribution in [0.15, 0.2) is 71.3 Å². The van der Waals surface area contributed by atoms with Crippen molar-refractivity contribution >= 4 is 23.2 Å². The Balaban J connectivity index is 1.44. The highest BCUT2D eigenvalue weighted by molar-refractivity contribution is 6.39. The molecule has 7 heteroatoms. The van der Waals surface area contributed by atoms with Gasteiger partial charge >= 0.3 is 11.8 Å². The highest BCUT2D eigenvalue weighted by Gasteiger charge is 2.29. The molecule has 0 saturated carbocycles. The van der Waals surface area contributed by atoms with Gasteiger partial charge in [0, 0.05) is 24.5 Å². The molecule has 2 N–H and O–H groups in total. The van der Waals surface area contributed by atoms with Crippen molar-refractivity contribution in [3.05, 3.63) is 84.1 Å². The maximum Gasteiger partial charge on any atom is 0.313 e. The van der Waals surface area contributed by atoms with Gasteiger partial charge in [0.25, 0.3) is 0 Å². The molecule has 0 aliphatic carbocycles. The van der Waals surface area contributed by atoms with Crippen molar-refractivity contribution < 1.29 is 18.4 Å². The van der Waals surface area contributed by atoms with Crippen LogP contribution in [0.4, 0.5) is 15.8 Å². The molecule has 1 aromatic heterocycles. The molecule has 0 fully saturated rings. The first-order chi connectivity index (χ1) is 14.1. The van der Waals surface area contributed by atoms with Crippen LogP contribution in [0.3, 0.4) is 0 Å². The summed E-state index contributed by atoms with van der Waals surface area (Å²) in [7, 11) is 0. The lowest BCUT2D eigenvalue weighted by Gasteiger charge is -2.29. The van der Waals surface area contributed by atoms with Gasteiger partial charge < -0.3 is 20.0 Å². The lowest BCUT2D eigenvalue weighted by molar-refractivity contribution is -0.136. The molecule has 6 nitrogen and oxygen atoms in total. The lowest BCUT2D eigenvalue weighted by Crippen LogP contribution is -2.41. The van der Waals surface area contributed by atoms with Crippen LogP contribution in [0.25, 0.3) is 0 Å². The molecule has 0 unspecified atom stereocenters. The zero-order valence-electron chi connectivity index (χ0n) is 15.6. The monoisotopic (exact) mass is 393 g/mol. The van der Waals surface area contributed by atoms with E-state index in [1.54, 1.807) is 12.3 Å². The van der Waals surface area contributed by atoms with Crippen LogP contribution in [0, 0.1) is 5.82 Å². The van der Waals surface area contributed by atoms with Gasteiger partial charge in [0.05, 0.1) is 6.26 Å². The van der Waals surface area contributed by atoms with Crippen molar-refractivity contribution in [2.75, 3.05) is 23.3 Å². The molecule has 2 aromatic carbocycles. The first-order valence-corrected chi connectivity index (χ1v) is 9.34. The number of rotatable bonds is 5. The molecule has 148 valence electrons. The fraction of sp³-hybridized carbons (Fsp3) is 0.182. The maximum atomic E-state index is 13.0. The van der Waals surface area contributed by atoms with Crippen LogP contribution in [0.2, 0.25) is 0 Å². The van der Waals surface area contributed by atoms with Gasteiger partial charge in [0.1, 0.15) is 17.6 Å². The van der Waals surface area contributed by atoms with Gasteiger partial charge in [0.15, 0.2) is 0 Å². The number of furan rings is 1. The van der Waals surface area contributed by atoms with E-state index in [9.17, 15) is 14.0 Å². The minimum atomic E-state index is -0.809. The Kier molecular flexibility index (Phi) is 5.29. The van der Waals surface area contributed by atoms with Gasteiger partial charge in [-0.3, -0.25) is 9.59 Å². The maximum absolute atomic E-state index is 13.0. The topological polar surface area (TPSA) is 74.6 Å². The molecule has 2 amide bonds. The van der Waals surface area contributed by atoms with E-state index in [0.717, 1.165) is 18.7 Å². The lowest BCUT2D eigenvalue weighted by atomic mass is 10.1. The first-order valence-electron chi connectivity index (χ1n) is 9.34. The fourth-order valence-electron chi connectivity index (χ4n) is 3.52. The van der Waals surface area contributed by atoms with Crippen LogP contribution in [0.5, 0.6) is 0 Å². The molecule has 4 rings (SSSR count). The van der Waals surface area contributed by atoms with Crippen molar-refractivity contribution in [2.45, 2.75) is 12.5 Å². The Morgan fingerprint density at radius 3 is 2.59 bits per heavy atom. The number of amides is 2. The standard InChI is InChI=1S/C22H20FN3O3/c23-16-7-9-17(10-8-16)25-22(28)21(27)24-14-19(20-6-3-13-29-20)26-12-11-15-4-1-2-5-18(15)26/h1-10,13,19H,11-12,14H2,(H,24,27)(H,25,28)/t19-/m0/s1. The second kappa shape index (κ2) is 8.18. The average Bonchev–Trinajstić information content (AvgIpc) is 3.40. The highest BCUT2D eigenvalue weighted by atomic mass is 19.1. The van der Waals surface area contributed by atoms with E-state index in [4.69, 9.17) is 4.42 Å². The Morgan fingerprint density at radius 2 is 1.83 bits per heavy atom. The van der Waals surface area contributed by atoms with Gasteiger partial charge in [0.2, 0.25) is 0 Å². The van der Waals surface area contributed by atoms with Crippen LogP contribution in [-0.2, 0) is 16.0 Å². The van der Waals surface area contributed by atoms with Crippen LogP contribution in [-0.4, -0.2) is 24.9 Å². The minimum absolute atomic E-state index is 0.206. The van der Waals surface area contributed by atoms with E-state index in [1.165, 1.54) is 29.8 Å². The second-order valence-electron chi connectivity index (χ2n) is 6.77. The average molecular weight is 393 g/mol. The smallest absolute Gasteiger partial charge is 0.313 e. The molecule has 0 saturated heterocycles. The largest absolute Gasteiger partial charge is 0.467 e. The number of carbonyl (C=O) groups is 2. The van der Waals surface area contributed by atoms with Crippen molar-refractivity contribution in [1.82, 2.24) is 5.32 Å². The third-order valence-electron chi connectivity index (χ3n) is 4.94. The number of fused-ring (bicyclic) bond motifs is 1. The van der Waals surface area contributed by atoms with Gasteiger partial charge in [-0.2, -0.15) is 0 Å². The zero-order valence-corrected chi connectivity index (χ0v) is 15.6. The van der Waals surface area contributed by atoms with Crippen LogP contribution < -0.4 is 15.5 Å². The van der Waals surface area contributed by atoms with E-state index in [0.29, 0.717) is 11.4 Å². The number of nitrogens with zero attached hydrogens (tertiary/aromatic N) is 1. The molecule has 1 atom stereocenters. The van der Waals surface area contributed by atoms with Crippen molar-refractivity contribution in [3.63, 3.8) is 0 Å². The van der Waals surface area contributed by atoms with E-state index >= 15 is 0 Å². The zero-order chi connectivity index (χ0) is 20.2. The van der Waals surface area contributed by atoms with Gasteiger partial charge in [-0.25, -0.2) is 4.39 Å². The molecule has 2 heterocycles. The van der Waals surface area contributed by atoms with Crippen molar-refractivity contribution in [1.29, 1.82) is 0 Å². The molecule has 1 aliphatic heterocycles. The fourth-order valence-corrected chi connectivity index (χ4v) is 3.52. The van der Waals surface area contributed by atoms with Gasteiger partial charge in [-0.05, 0) is 54.4 Å². The summed E-state index contributed by atoms with van der Waals surface area (Å²) < 4.78 is 18.6.